The van der Waals surface area contributed by atoms with Gasteiger partial charge in [0.05, 0.1) is 11.8 Å². The molecule has 1 N–H and O–H groups in total. The molecule has 0 saturated carbocycles. The summed E-state index contributed by atoms with van der Waals surface area (Å²) in [7, 11) is 0. The highest BCUT2D eigenvalue weighted by Gasteiger charge is 2.40. The number of nitrogens with one attached hydrogen (secondary N) is 1. The third-order valence-corrected chi connectivity index (χ3v) is 4.08. The molecular formula is C19H21F3N4O2. The van der Waals surface area contributed by atoms with Crippen molar-refractivity contribution < 1.29 is 22.4 Å². The fourth-order valence-electron chi connectivity index (χ4n) is 2.73. The van der Waals surface area contributed by atoms with Crippen LogP contribution in [0.2, 0.25) is 0 Å². The quantitative estimate of drug-likeness (QED) is 0.665. The van der Waals surface area contributed by atoms with Gasteiger partial charge in [-0.05, 0) is 32.0 Å². The zero-order valence-electron chi connectivity index (χ0n) is 16.2. The van der Waals surface area contributed by atoms with Crippen molar-refractivity contribution in [2.24, 2.45) is 0 Å². The summed E-state index contributed by atoms with van der Waals surface area (Å²) in [4.78, 5) is 16.9. The second-order valence-corrected chi connectivity index (χ2v) is 7.85. The minimum absolute atomic E-state index is 0.296. The van der Waals surface area contributed by atoms with E-state index in [4.69, 9.17) is 4.42 Å². The van der Waals surface area contributed by atoms with Gasteiger partial charge in [-0.1, -0.05) is 20.8 Å². The Labute approximate surface area is 159 Å². The van der Waals surface area contributed by atoms with Crippen LogP contribution in [0.25, 0.3) is 11.1 Å². The van der Waals surface area contributed by atoms with Crippen LogP contribution in [0, 0.1) is 0 Å². The molecule has 2 aromatic heterocycles. The number of amides is 1. The van der Waals surface area contributed by atoms with Crippen LogP contribution >= 0.6 is 0 Å². The molecule has 0 bridgehead atoms. The summed E-state index contributed by atoms with van der Waals surface area (Å²) in [5, 5.41) is 6.22. The second kappa shape index (κ2) is 6.65. The molecule has 150 valence electrons. The molecule has 0 atom stereocenters. The minimum atomic E-state index is -4.70. The zero-order chi connectivity index (χ0) is 20.9. The molecule has 3 aromatic rings. The number of aromatic nitrogens is 3. The molecule has 0 spiro atoms. The van der Waals surface area contributed by atoms with Gasteiger partial charge in [-0.2, -0.15) is 18.3 Å². The van der Waals surface area contributed by atoms with Crippen molar-refractivity contribution in [1.29, 1.82) is 0 Å². The Kier molecular flexibility index (Phi) is 4.73. The van der Waals surface area contributed by atoms with Crippen LogP contribution in [0.15, 0.2) is 28.8 Å². The van der Waals surface area contributed by atoms with E-state index in [0.717, 1.165) is 10.9 Å². The number of fused-ring (bicyclic) bond motifs is 1. The Balaban J connectivity index is 1.93. The number of hydrogen-bond donors (Lipinski definition) is 1. The molecule has 1 aromatic carbocycles. The molecule has 1 amide bonds. The first-order valence-electron chi connectivity index (χ1n) is 8.75. The van der Waals surface area contributed by atoms with Crippen molar-refractivity contribution in [3.8, 4) is 0 Å². The highest BCUT2D eigenvalue weighted by molar-refractivity contribution is 6.05. The lowest BCUT2D eigenvalue weighted by Crippen LogP contribution is -2.22. The number of nitrogens with zero attached hydrogens (tertiary/aromatic N) is 3. The Hall–Kier alpha value is -2.84. The molecule has 28 heavy (non-hydrogen) atoms. The largest absolute Gasteiger partial charge is 0.440 e. The van der Waals surface area contributed by atoms with E-state index >= 15 is 0 Å². The van der Waals surface area contributed by atoms with Gasteiger partial charge in [0, 0.05) is 17.1 Å². The van der Waals surface area contributed by atoms with Crippen LogP contribution < -0.4 is 5.32 Å². The number of anilines is 1. The van der Waals surface area contributed by atoms with Crippen molar-refractivity contribution in [2.45, 2.75) is 52.3 Å². The van der Waals surface area contributed by atoms with E-state index in [1.807, 2.05) is 20.8 Å². The standard InChI is InChI=1S/C19H21F3N4O2/c1-10(2)26-15(19(20,21)22)12(9-23-26)16(27)24-11-6-7-14-13(8-11)25-17(28-14)18(3,4)5/h6-10H,1-5H3,(H,24,27). The maximum Gasteiger partial charge on any atom is 0.433 e. The number of oxazole rings is 1. The molecule has 2 heterocycles. The van der Waals surface area contributed by atoms with Crippen LogP contribution in [0.3, 0.4) is 0 Å². The van der Waals surface area contributed by atoms with E-state index in [1.54, 1.807) is 32.0 Å². The fraction of sp³-hybridized carbons (Fsp3) is 0.421. The molecule has 0 aliphatic rings. The highest BCUT2D eigenvalue weighted by Crippen LogP contribution is 2.34. The fourth-order valence-corrected chi connectivity index (χ4v) is 2.73. The number of hydrogen-bond acceptors (Lipinski definition) is 4. The smallest absolute Gasteiger partial charge is 0.433 e. The molecule has 0 aliphatic heterocycles. The van der Waals surface area contributed by atoms with Gasteiger partial charge < -0.3 is 9.73 Å². The van der Waals surface area contributed by atoms with Gasteiger partial charge in [-0.3, -0.25) is 9.48 Å². The van der Waals surface area contributed by atoms with E-state index in [1.165, 1.54) is 0 Å². The van der Waals surface area contributed by atoms with E-state index in [0.29, 0.717) is 22.7 Å². The highest BCUT2D eigenvalue weighted by atomic mass is 19.4. The number of carbonyl (C=O) groups excluding carboxylic acids is 1. The predicted molar refractivity (Wildman–Crippen MR) is 98.3 cm³/mol. The van der Waals surface area contributed by atoms with Crippen molar-refractivity contribution >= 4 is 22.7 Å². The molecule has 9 heteroatoms. The molecule has 3 rings (SSSR count). The van der Waals surface area contributed by atoms with Crippen LogP contribution in [0.4, 0.5) is 18.9 Å². The van der Waals surface area contributed by atoms with Crippen molar-refractivity contribution in [3.63, 3.8) is 0 Å². The van der Waals surface area contributed by atoms with Gasteiger partial charge in [0.25, 0.3) is 5.91 Å². The van der Waals surface area contributed by atoms with Crippen molar-refractivity contribution in [3.05, 3.63) is 41.5 Å². The molecule has 6 nitrogen and oxygen atoms in total. The maximum absolute atomic E-state index is 13.5. The van der Waals surface area contributed by atoms with Crippen LogP contribution in [0.5, 0.6) is 0 Å². The first kappa shape index (κ1) is 19.9. The third kappa shape index (κ3) is 3.74. The lowest BCUT2D eigenvalue weighted by atomic mass is 9.97. The van der Waals surface area contributed by atoms with E-state index < -0.39 is 29.4 Å². The average molecular weight is 394 g/mol. The molecule has 0 fully saturated rings. The third-order valence-electron chi connectivity index (χ3n) is 4.08. The van der Waals surface area contributed by atoms with Gasteiger partial charge >= 0.3 is 6.18 Å². The summed E-state index contributed by atoms with van der Waals surface area (Å²) >= 11 is 0. The Morgan fingerprint density at radius 1 is 1.21 bits per heavy atom. The van der Waals surface area contributed by atoms with Gasteiger partial charge in [0.15, 0.2) is 11.3 Å². The lowest BCUT2D eigenvalue weighted by molar-refractivity contribution is -0.145. The van der Waals surface area contributed by atoms with E-state index in [-0.39, 0.29) is 5.41 Å². The molecule has 0 unspecified atom stereocenters. The molecule has 0 saturated heterocycles. The van der Waals surface area contributed by atoms with Gasteiger partial charge in [-0.15, -0.1) is 0 Å². The topological polar surface area (TPSA) is 73.0 Å². The second-order valence-electron chi connectivity index (χ2n) is 7.85. The number of rotatable bonds is 3. The molecular weight excluding hydrogens is 373 g/mol. The SMILES string of the molecule is CC(C)n1ncc(C(=O)Nc2ccc3oc(C(C)(C)C)nc3c2)c1C(F)(F)F. The summed E-state index contributed by atoms with van der Waals surface area (Å²) in [6.07, 6.45) is -3.77. The normalized spacial score (nSPS) is 12.8. The Morgan fingerprint density at radius 2 is 1.89 bits per heavy atom. The van der Waals surface area contributed by atoms with Crippen LogP contribution in [-0.4, -0.2) is 20.7 Å². The van der Waals surface area contributed by atoms with Gasteiger partial charge in [0.1, 0.15) is 5.52 Å². The summed E-state index contributed by atoms with van der Waals surface area (Å²) in [5.74, 6) is -0.360. The number of carbonyl (C=O) groups is 1. The van der Waals surface area contributed by atoms with Crippen LogP contribution in [0.1, 0.15) is 62.6 Å². The van der Waals surface area contributed by atoms with Crippen LogP contribution in [-0.2, 0) is 11.6 Å². The number of benzene rings is 1. The predicted octanol–water partition coefficient (Wildman–Crippen LogP) is 5.17. The maximum atomic E-state index is 13.5. The summed E-state index contributed by atoms with van der Waals surface area (Å²) in [6, 6.07) is 4.19. The van der Waals surface area contributed by atoms with Crippen molar-refractivity contribution in [1.82, 2.24) is 14.8 Å². The number of halogens is 3. The monoisotopic (exact) mass is 394 g/mol. The first-order valence-corrected chi connectivity index (χ1v) is 8.75. The number of alkyl halides is 3. The van der Waals surface area contributed by atoms with Gasteiger partial charge in [-0.25, -0.2) is 4.98 Å². The van der Waals surface area contributed by atoms with Gasteiger partial charge in [0.2, 0.25) is 5.89 Å². The Morgan fingerprint density at radius 3 is 2.46 bits per heavy atom. The average Bonchev–Trinajstić information content (AvgIpc) is 3.18. The van der Waals surface area contributed by atoms with E-state index in [2.05, 4.69) is 15.4 Å². The summed E-state index contributed by atoms with van der Waals surface area (Å²) in [6.45, 7) is 8.98. The molecule has 0 aliphatic carbocycles. The lowest BCUT2D eigenvalue weighted by Gasteiger charge is -2.15. The Bertz CT molecular complexity index is 1030. The summed E-state index contributed by atoms with van der Waals surface area (Å²) in [5.41, 5.74) is -0.538. The minimum Gasteiger partial charge on any atom is -0.440 e. The summed E-state index contributed by atoms with van der Waals surface area (Å²) < 4.78 is 46.9. The van der Waals surface area contributed by atoms with E-state index in [9.17, 15) is 18.0 Å². The van der Waals surface area contributed by atoms with Crippen molar-refractivity contribution in [2.75, 3.05) is 5.32 Å². The first-order chi connectivity index (χ1) is 12.9. The molecule has 0 radical (unpaired) electrons. The zero-order valence-corrected chi connectivity index (χ0v) is 16.2.